The van der Waals surface area contributed by atoms with Crippen molar-refractivity contribution in [2.45, 2.75) is 50.9 Å². The second kappa shape index (κ2) is 9.01. The van der Waals surface area contributed by atoms with Crippen LogP contribution in [0.3, 0.4) is 0 Å². The average molecular weight is 463 g/mol. The summed E-state index contributed by atoms with van der Waals surface area (Å²) in [4.78, 5) is 11.8. The summed E-state index contributed by atoms with van der Waals surface area (Å²) in [5, 5.41) is 11.0. The maximum absolute atomic E-state index is 11.8. The highest BCUT2D eigenvalue weighted by atomic mass is 16.5. The molecule has 0 atom stereocenters. The molecule has 5 nitrogen and oxygen atoms in total. The number of esters is 1. The van der Waals surface area contributed by atoms with E-state index in [9.17, 15) is 9.90 Å². The molecule has 4 bridgehead atoms. The van der Waals surface area contributed by atoms with Gasteiger partial charge in [0.05, 0.1) is 26.4 Å². The van der Waals surface area contributed by atoms with Crippen LogP contribution in [0.1, 0.15) is 56.6 Å². The van der Waals surface area contributed by atoms with E-state index in [1.165, 1.54) is 44.6 Å². The summed E-state index contributed by atoms with van der Waals surface area (Å²) in [6.07, 6.45) is 10.7. The van der Waals surface area contributed by atoms with Gasteiger partial charge in [0.15, 0.2) is 0 Å². The third-order valence-corrected chi connectivity index (χ3v) is 8.12. The Labute approximate surface area is 201 Å². The zero-order valence-electron chi connectivity index (χ0n) is 20.3. The fraction of sp³-hybridized carbons (Fsp3) is 0.483. The second-order valence-electron chi connectivity index (χ2n) is 10.3. The van der Waals surface area contributed by atoms with Gasteiger partial charge in [0.2, 0.25) is 0 Å². The predicted octanol–water partition coefficient (Wildman–Crippen LogP) is 6.12. The minimum Gasteiger partial charge on any atom is -0.508 e. The molecule has 0 amide bonds. The molecule has 4 aliphatic carbocycles. The van der Waals surface area contributed by atoms with Crippen molar-refractivity contribution in [2.75, 3.05) is 20.8 Å². The maximum Gasteiger partial charge on any atom is 0.330 e. The molecule has 6 rings (SSSR count). The van der Waals surface area contributed by atoms with Crippen LogP contribution in [0.4, 0.5) is 0 Å². The van der Waals surface area contributed by atoms with Crippen molar-refractivity contribution in [3.05, 3.63) is 47.5 Å². The largest absolute Gasteiger partial charge is 0.508 e. The summed E-state index contributed by atoms with van der Waals surface area (Å²) >= 11 is 0. The first-order valence-electron chi connectivity index (χ1n) is 12.4. The van der Waals surface area contributed by atoms with E-state index < -0.39 is 0 Å². The number of hydrogen-bond donors (Lipinski definition) is 1. The molecule has 180 valence electrons. The minimum absolute atomic E-state index is 0.0810. The molecule has 5 heteroatoms. The van der Waals surface area contributed by atoms with E-state index in [1.54, 1.807) is 27.2 Å². The molecular formula is C29H34O5. The molecule has 2 aromatic carbocycles. The Morgan fingerprint density at radius 2 is 1.59 bits per heavy atom. The normalized spacial score (nSPS) is 27.2. The molecular weight excluding hydrogens is 428 g/mol. The molecule has 0 heterocycles. The van der Waals surface area contributed by atoms with Gasteiger partial charge in [-0.3, -0.25) is 0 Å². The van der Waals surface area contributed by atoms with Crippen molar-refractivity contribution in [3.63, 3.8) is 0 Å². The molecule has 4 aliphatic rings. The number of methoxy groups -OCH3 is 2. The molecule has 1 N–H and O–H groups in total. The Bertz CT molecular complexity index is 1060. The zero-order valence-corrected chi connectivity index (χ0v) is 20.3. The van der Waals surface area contributed by atoms with Gasteiger partial charge in [0, 0.05) is 11.6 Å². The smallest absolute Gasteiger partial charge is 0.330 e. The molecule has 4 fully saturated rings. The fourth-order valence-electron chi connectivity index (χ4n) is 7.22. The van der Waals surface area contributed by atoms with Crippen LogP contribution in [0.15, 0.2) is 36.4 Å². The van der Waals surface area contributed by atoms with E-state index >= 15 is 0 Å². The van der Waals surface area contributed by atoms with Crippen LogP contribution in [0, 0.1) is 17.8 Å². The summed E-state index contributed by atoms with van der Waals surface area (Å²) in [7, 11) is 3.27. The van der Waals surface area contributed by atoms with E-state index in [2.05, 4.69) is 6.07 Å². The van der Waals surface area contributed by atoms with Crippen molar-refractivity contribution >= 4 is 12.0 Å². The van der Waals surface area contributed by atoms with Crippen LogP contribution < -0.4 is 9.47 Å². The predicted molar refractivity (Wildman–Crippen MR) is 132 cm³/mol. The van der Waals surface area contributed by atoms with E-state index in [1.807, 2.05) is 24.3 Å². The minimum atomic E-state index is -0.386. The highest BCUT2D eigenvalue weighted by Gasteiger charge is 2.52. The van der Waals surface area contributed by atoms with Crippen LogP contribution in [0.5, 0.6) is 17.2 Å². The lowest BCUT2D eigenvalue weighted by Gasteiger charge is -2.57. The standard InChI is InChI=1S/C29H34O5/c1-4-34-27(31)8-5-18-12-25(32-2)28(26(13-18)33-3)22-6-7-24(30)23(14-22)29-15-19-9-20(16-29)11-21(10-19)17-29/h5-8,12-14,19-21,30H,4,9-11,15-17H2,1-3H3/b8-5+. The Balaban J connectivity index is 1.55. The van der Waals surface area contributed by atoms with Crippen LogP contribution in [0.2, 0.25) is 0 Å². The summed E-state index contributed by atoms with van der Waals surface area (Å²) in [5.41, 5.74) is 3.77. The number of carbonyl (C=O) groups excluding carboxylic acids is 1. The SMILES string of the molecule is CCOC(=O)/C=C/c1cc(OC)c(-c2ccc(O)c(C34CC5CC(CC(C5)C3)C4)c2)c(OC)c1. The van der Waals surface area contributed by atoms with Crippen LogP contribution >= 0.6 is 0 Å². The van der Waals surface area contributed by atoms with Gasteiger partial charge in [-0.15, -0.1) is 0 Å². The Kier molecular flexibility index (Phi) is 6.05. The number of phenols is 1. The average Bonchev–Trinajstić information content (AvgIpc) is 2.81. The molecule has 0 aliphatic heterocycles. The number of aromatic hydroxyl groups is 1. The van der Waals surface area contributed by atoms with Gasteiger partial charge < -0.3 is 19.3 Å². The van der Waals surface area contributed by atoms with Gasteiger partial charge in [-0.25, -0.2) is 4.79 Å². The zero-order chi connectivity index (χ0) is 23.9. The van der Waals surface area contributed by atoms with E-state index in [4.69, 9.17) is 14.2 Å². The number of benzene rings is 2. The Hall–Kier alpha value is -2.95. The molecule has 0 spiro atoms. The molecule has 0 unspecified atom stereocenters. The first-order valence-corrected chi connectivity index (χ1v) is 12.4. The van der Waals surface area contributed by atoms with Gasteiger partial charge in [0.1, 0.15) is 17.2 Å². The second-order valence-corrected chi connectivity index (χ2v) is 10.3. The monoisotopic (exact) mass is 462 g/mol. The number of carbonyl (C=O) groups is 1. The topological polar surface area (TPSA) is 65.0 Å². The van der Waals surface area contributed by atoms with E-state index in [0.717, 1.165) is 40.0 Å². The van der Waals surface area contributed by atoms with Gasteiger partial charge in [0.25, 0.3) is 0 Å². The molecule has 34 heavy (non-hydrogen) atoms. The van der Waals surface area contributed by atoms with E-state index in [-0.39, 0.29) is 11.4 Å². The van der Waals surface area contributed by atoms with Crippen LogP contribution in [0.25, 0.3) is 17.2 Å². The number of hydrogen-bond acceptors (Lipinski definition) is 5. The lowest BCUT2D eigenvalue weighted by molar-refractivity contribution is -0.137. The van der Waals surface area contributed by atoms with Crippen molar-refractivity contribution in [3.8, 4) is 28.4 Å². The highest BCUT2D eigenvalue weighted by molar-refractivity contribution is 5.88. The third-order valence-electron chi connectivity index (χ3n) is 8.12. The van der Waals surface area contributed by atoms with Crippen LogP contribution in [-0.2, 0) is 14.9 Å². The maximum atomic E-state index is 11.8. The molecule has 0 saturated heterocycles. The van der Waals surface area contributed by atoms with Crippen molar-refractivity contribution < 1.29 is 24.1 Å². The third kappa shape index (κ3) is 4.06. The first kappa shape index (κ1) is 22.8. The first-order chi connectivity index (χ1) is 16.4. The highest BCUT2D eigenvalue weighted by Crippen LogP contribution is 2.62. The summed E-state index contributed by atoms with van der Waals surface area (Å²) < 4.78 is 16.5. The number of phenolic OH excluding ortho intramolecular Hbond substituents is 1. The molecule has 2 aromatic rings. The van der Waals surface area contributed by atoms with E-state index in [0.29, 0.717) is 23.9 Å². The summed E-state index contributed by atoms with van der Waals surface area (Å²) in [5.74, 6) is 3.72. The summed E-state index contributed by atoms with van der Waals surface area (Å²) in [6.45, 7) is 2.11. The van der Waals surface area contributed by atoms with Crippen molar-refractivity contribution in [2.24, 2.45) is 17.8 Å². The van der Waals surface area contributed by atoms with Crippen LogP contribution in [-0.4, -0.2) is 31.9 Å². The van der Waals surface area contributed by atoms with Gasteiger partial charge in [-0.05, 0) is 110 Å². The lowest BCUT2D eigenvalue weighted by Crippen LogP contribution is -2.48. The van der Waals surface area contributed by atoms with Crippen molar-refractivity contribution in [1.82, 2.24) is 0 Å². The Morgan fingerprint density at radius 1 is 1.00 bits per heavy atom. The Morgan fingerprint density at radius 3 is 2.12 bits per heavy atom. The van der Waals surface area contributed by atoms with Gasteiger partial charge in [-0.2, -0.15) is 0 Å². The van der Waals surface area contributed by atoms with Crippen molar-refractivity contribution in [1.29, 1.82) is 0 Å². The number of rotatable bonds is 7. The number of ether oxygens (including phenoxy) is 3. The summed E-state index contributed by atoms with van der Waals surface area (Å²) in [6, 6.07) is 9.72. The molecule has 0 radical (unpaired) electrons. The molecule has 4 saturated carbocycles. The van der Waals surface area contributed by atoms with Gasteiger partial charge >= 0.3 is 5.97 Å². The quantitative estimate of drug-likeness (QED) is 0.397. The molecule has 0 aromatic heterocycles. The fourth-order valence-corrected chi connectivity index (χ4v) is 7.22. The lowest BCUT2D eigenvalue weighted by atomic mass is 9.48. The van der Waals surface area contributed by atoms with Gasteiger partial charge in [-0.1, -0.05) is 6.07 Å².